The maximum absolute atomic E-state index is 11.0. The smallest absolute Gasteiger partial charge is 0.478 e. The molecule has 1 N–H and O–H groups in total. The monoisotopic (exact) mass is 257 g/mol. The maximum Gasteiger partial charge on any atom is 1.00 e. The fourth-order valence-electron chi connectivity index (χ4n) is 0.809. The van der Waals surface area contributed by atoms with Crippen LogP contribution in [0, 0.1) is 0 Å². The third-order valence-electron chi connectivity index (χ3n) is 1.49. The number of sulfonamides is 1. The molecule has 8 heteroatoms. The molecule has 0 aliphatic rings. The molecule has 0 saturated heterocycles. The molecule has 5 nitrogen and oxygen atoms in total. The van der Waals surface area contributed by atoms with Crippen molar-refractivity contribution in [3.8, 4) is 0 Å². The molecule has 0 spiro atoms. The quantitative estimate of drug-likeness (QED) is 0.675. The topological polar surface area (TPSA) is 85.5 Å². The molecule has 0 saturated carbocycles. The van der Waals surface area contributed by atoms with E-state index in [1.165, 1.54) is 0 Å². The van der Waals surface area contributed by atoms with Gasteiger partial charge in [-0.3, -0.25) is 11.8 Å². The minimum Gasteiger partial charge on any atom is -0.478 e. The summed E-state index contributed by atoms with van der Waals surface area (Å²) in [5.74, 6) is -1.13. The Morgan fingerprint density at radius 1 is 1.27 bits per heavy atom. The number of halogens is 1. The van der Waals surface area contributed by atoms with Crippen LogP contribution in [0.4, 0.5) is 0 Å². The number of carboxylic acid groups (broad SMARTS) is 1. The van der Waals surface area contributed by atoms with Gasteiger partial charge in [0.15, 0.2) is 0 Å². The van der Waals surface area contributed by atoms with E-state index in [-0.39, 0.29) is 40.0 Å². The Morgan fingerprint density at radius 3 is 2.07 bits per heavy atom. The summed E-state index contributed by atoms with van der Waals surface area (Å²) in [4.78, 5) is 10.3. The fourth-order valence-corrected chi connectivity index (χ4v) is 1.61. The number of hydrogen-bond donors (Lipinski definition) is 1. The largest absolute Gasteiger partial charge is 1.00 e. The van der Waals surface area contributed by atoms with Crippen LogP contribution < -0.4 is 29.6 Å². The van der Waals surface area contributed by atoms with Gasteiger partial charge in [0.25, 0.3) is 0 Å². The number of carboxylic acids is 1. The van der Waals surface area contributed by atoms with E-state index in [0.717, 1.165) is 24.3 Å². The first-order chi connectivity index (χ1) is 6.47. The minimum atomic E-state index is -3.84. The first-order valence-corrected chi connectivity index (χ1v) is 5.17. The Morgan fingerprint density at radius 2 is 1.73 bits per heavy atom. The van der Waals surface area contributed by atoms with E-state index in [0.29, 0.717) is 0 Å². The van der Waals surface area contributed by atoms with Gasteiger partial charge in [-0.15, -0.1) is 0 Å². The zero-order valence-electron chi connectivity index (χ0n) is 7.71. The molecule has 0 amide bonds. The number of carbonyl (C=O) groups is 1. The summed E-state index contributed by atoms with van der Waals surface area (Å²) < 4.78 is 24.7. The Kier molecular flexibility index (Phi) is 5.79. The van der Waals surface area contributed by atoms with Crippen LogP contribution in [-0.4, -0.2) is 19.5 Å². The summed E-state index contributed by atoms with van der Waals surface area (Å²) in [7, 11) is -3.84. The first kappa shape index (κ1) is 14.9. The summed E-state index contributed by atoms with van der Waals surface area (Å²) >= 11 is 4.85. The molecule has 0 fully saturated rings. The summed E-state index contributed by atoms with van der Waals surface area (Å²) in [5.41, 5.74) is -0.00137. The third-order valence-corrected chi connectivity index (χ3v) is 3.08. The first-order valence-electron chi connectivity index (χ1n) is 3.39. The van der Waals surface area contributed by atoms with Gasteiger partial charge in [0, 0.05) is 4.90 Å². The van der Waals surface area contributed by atoms with Crippen molar-refractivity contribution < 1.29 is 47.9 Å². The summed E-state index contributed by atoms with van der Waals surface area (Å²) in [6, 6.07) is 4.59. The van der Waals surface area contributed by atoms with Crippen molar-refractivity contribution in [1.82, 2.24) is 0 Å². The number of nitrogens with zero attached hydrogens (tertiary/aromatic N) is 1. The van der Waals surface area contributed by atoms with Crippen molar-refractivity contribution in [2.24, 2.45) is 0 Å². The van der Waals surface area contributed by atoms with E-state index in [9.17, 15) is 13.2 Å². The van der Waals surface area contributed by atoms with Gasteiger partial charge in [-0.05, 0) is 24.3 Å². The second kappa shape index (κ2) is 5.83. The molecule has 1 rings (SSSR count). The Hall–Kier alpha value is -0.110. The minimum absolute atomic E-state index is 0. The molecule has 0 bridgehead atoms. The molecule has 1 aromatic carbocycles. The average Bonchev–Trinajstić information content (AvgIpc) is 2.18. The van der Waals surface area contributed by atoms with Crippen molar-refractivity contribution in [2.75, 3.05) is 0 Å². The van der Waals surface area contributed by atoms with Gasteiger partial charge in [0.2, 0.25) is 0 Å². The van der Waals surface area contributed by atoms with Crippen molar-refractivity contribution in [3.05, 3.63) is 34.1 Å². The summed E-state index contributed by atoms with van der Waals surface area (Å²) in [6.07, 6.45) is 0. The third kappa shape index (κ3) is 3.75. The molecule has 0 atom stereocenters. The van der Waals surface area contributed by atoms with E-state index in [1.54, 1.807) is 0 Å². The van der Waals surface area contributed by atoms with Gasteiger partial charge in [-0.1, -0.05) is 0 Å². The average molecular weight is 258 g/mol. The molecule has 0 aromatic heterocycles. The second-order valence-electron chi connectivity index (χ2n) is 2.37. The number of rotatable bonds is 3. The molecule has 0 unspecified atom stereocenters. The van der Waals surface area contributed by atoms with Crippen LogP contribution in [0.1, 0.15) is 10.4 Å². The molecule has 15 heavy (non-hydrogen) atoms. The van der Waals surface area contributed by atoms with Crippen LogP contribution in [0.3, 0.4) is 0 Å². The Bertz CT molecular complexity index is 445. The van der Waals surface area contributed by atoms with E-state index in [2.05, 4.69) is 4.24 Å². The summed E-state index contributed by atoms with van der Waals surface area (Å²) in [6.45, 7) is 0. The molecule has 1 aromatic rings. The van der Waals surface area contributed by atoms with Crippen LogP contribution in [0.2, 0.25) is 0 Å². The fraction of sp³-hybridized carbons (Fsp3) is 0. The normalized spacial score (nSPS) is 10.5. The van der Waals surface area contributed by atoms with E-state index in [1.807, 2.05) is 0 Å². The predicted octanol–water partition coefficient (Wildman–Crippen LogP) is -1.40. The number of hydrogen-bond acceptors (Lipinski definition) is 3. The van der Waals surface area contributed by atoms with Crippen molar-refractivity contribution in [2.45, 2.75) is 4.90 Å². The van der Waals surface area contributed by atoms with Crippen LogP contribution in [0.5, 0.6) is 0 Å². The van der Waals surface area contributed by atoms with Crippen LogP contribution >= 0.6 is 11.8 Å². The molecule has 0 radical (unpaired) electrons. The Labute approximate surface area is 114 Å². The van der Waals surface area contributed by atoms with Gasteiger partial charge in [-0.25, -0.2) is 13.2 Å². The van der Waals surface area contributed by atoms with Crippen LogP contribution in [0.25, 0.3) is 4.24 Å². The predicted molar refractivity (Wildman–Crippen MR) is 49.8 cm³/mol. The second-order valence-corrected chi connectivity index (χ2v) is 4.35. The van der Waals surface area contributed by atoms with Gasteiger partial charge >= 0.3 is 35.5 Å². The van der Waals surface area contributed by atoms with Crippen LogP contribution in [0.15, 0.2) is 29.2 Å². The van der Waals surface area contributed by atoms with E-state index in [4.69, 9.17) is 16.9 Å². The van der Waals surface area contributed by atoms with E-state index >= 15 is 0 Å². The van der Waals surface area contributed by atoms with Gasteiger partial charge < -0.3 is 9.35 Å². The molecule has 76 valence electrons. The summed E-state index contributed by atoms with van der Waals surface area (Å²) in [5, 5.41) is 8.54. The SMILES string of the molecule is O=C(O)c1ccc(S(=O)(=O)[N-]Cl)cc1.[Na+]. The Balaban J connectivity index is 0.00000196. The van der Waals surface area contributed by atoms with Crippen molar-refractivity contribution in [3.63, 3.8) is 0 Å². The molecular weight excluding hydrogens is 253 g/mol. The van der Waals surface area contributed by atoms with Gasteiger partial charge in [-0.2, -0.15) is 0 Å². The molecule has 0 aliphatic carbocycles. The number of benzene rings is 1. The number of aromatic carboxylic acids is 1. The zero-order valence-corrected chi connectivity index (χ0v) is 11.3. The van der Waals surface area contributed by atoms with Crippen LogP contribution in [-0.2, 0) is 10.0 Å². The van der Waals surface area contributed by atoms with Crippen molar-refractivity contribution >= 4 is 27.8 Å². The maximum atomic E-state index is 11.0. The molecule has 0 aliphatic heterocycles. The van der Waals surface area contributed by atoms with E-state index < -0.39 is 16.0 Å². The standard InChI is InChI=1S/C7H5ClNO4S.Na/c8-9-14(12,13)6-3-1-5(2-4-6)7(10)11;/h1-4H,(H,10,11);/q-1;+1. The van der Waals surface area contributed by atoms with Crippen molar-refractivity contribution in [1.29, 1.82) is 0 Å². The molecular formula is C7H5ClNNaO4S. The van der Waals surface area contributed by atoms with Gasteiger partial charge in [0.05, 0.1) is 5.56 Å². The van der Waals surface area contributed by atoms with Gasteiger partial charge in [0.1, 0.15) is 10.0 Å². The zero-order chi connectivity index (χ0) is 10.8. The molecule has 0 heterocycles.